The molecule has 0 bridgehead atoms. The second-order valence-electron chi connectivity index (χ2n) is 3.70. The van der Waals surface area contributed by atoms with E-state index in [1.165, 1.54) is 0 Å². The Bertz CT molecular complexity index is 234. The van der Waals surface area contributed by atoms with Crippen molar-refractivity contribution in [1.82, 2.24) is 0 Å². The third-order valence-corrected chi connectivity index (χ3v) is 2.19. The van der Waals surface area contributed by atoms with Crippen LogP contribution in [-0.2, 0) is 14.2 Å². The van der Waals surface area contributed by atoms with E-state index < -0.39 is 5.79 Å². The van der Waals surface area contributed by atoms with Crippen molar-refractivity contribution in [3.8, 4) is 0 Å². The zero-order valence-electron chi connectivity index (χ0n) is 7.82. The third-order valence-electron chi connectivity index (χ3n) is 2.19. The first-order chi connectivity index (χ1) is 6.12. The molecule has 0 radical (unpaired) electrons. The Labute approximate surface area is 77.1 Å². The van der Waals surface area contributed by atoms with Gasteiger partial charge in [0.15, 0.2) is 12.1 Å². The highest BCUT2D eigenvalue weighted by atomic mass is 16.8. The highest BCUT2D eigenvalue weighted by Gasteiger charge is 2.47. The molecule has 1 N–H and O–H groups in total. The van der Waals surface area contributed by atoms with Crippen LogP contribution in [-0.4, -0.2) is 36.5 Å². The summed E-state index contributed by atoms with van der Waals surface area (Å²) in [5, 5.41) is 8.75. The first-order valence-corrected chi connectivity index (χ1v) is 4.39. The van der Waals surface area contributed by atoms with E-state index in [9.17, 15) is 0 Å². The van der Waals surface area contributed by atoms with E-state index in [4.69, 9.17) is 19.3 Å². The number of aliphatic hydroxyl groups is 1. The molecule has 0 spiro atoms. The van der Waals surface area contributed by atoms with Gasteiger partial charge in [-0.15, -0.1) is 0 Å². The molecule has 2 saturated heterocycles. The van der Waals surface area contributed by atoms with Crippen molar-refractivity contribution in [3.05, 3.63) is 11.6 Å². The molecule has 4 nitrogen and oxygen atoms in total. The van der Waals surface area contributed by atoms with E-state index in [-0.39, 0.29) is 19.0 Å². The molecule has 2 heterocycles. The van der Waals surface area contributed by atoms with Gasteiger partial charge in [-0.2, -0.15) is 0 Å². The third kappa shape index (κ3) is 1.62. The van der Waals surface area contributed by atoms with E-state index in [0.717, 1.165) is 5.57 Å². The number of aliphatic hydroxyl groups excluding tert-OH is 1. The van der Waals surface area contributed by atoms with E-state index in [1.54, 1.807) is 6.08 Å². The first kappa shape index (κ1) is 9.15. The van der Waals surface area contributed by atoms with Crippen LogP contribution in [0, 0.1) is 0 Å². The maximum Gasteiger partial charge on any atom is 0.191 e. The Kier molecular flexibility index (Phi) is 2.15. The summed E-state index contributed by atoms with van der Waals surface area (Å²) >= 11 is 0. The van der Waals surface area contributed by atoms with Crippen LogP contribution >= 0.6 is 0 Å². The number of hydrogen-bond donors (Lipinski definition) is 1. The fraction of sp³-hybridized carbons (Fsp3) is 0.778. The molecule has 2 rings (SSSR count). The smallest absolute Gasteiger partial charge is 0.191 e. The Hall–Kier alpha value is -0.420. The molecule has 0 aromatic rings. The number of rotatable bonds is 1. The fourth-order valence-electron chi connectivity index (χ4n) is 1.66. The molecule has 2 aliphatic rings. The highest BCUT2D eigenvalue weighted by molar-refractivity contribution is 5.16. The molecule has 74 valence electrons. The summed E-state index contributed by atoms with van der Waals surface area (Å²) in [7, 11) is 0. The molecule has 2 aliphatic heterocycles. The topological polar surface area (TPSA) is 47.9 Å². The summed E-state index contributed by atoms with van der Waals surface area (Å²) in [6, 6.07) is 0. The molecule has 0 aliphatic carbocycles. The van der Waals surface area contributed by atoms with Crippen molar-refractivity contribution in [2.75, 3.05) is 13.2 Å². The van der Waals surface area contributed by atoms with Crippen molar-refractivity contribution in [3.63, 3.8) is 0 Å². The second-order valence-corrected chi connectivity index (χ2v) is 3.70. The molecule has 0 saturated carbocycles. The summed E-state index contributed by atoms with van der Waals surface area (Å²) in [6.45, 7) is 4.22. The SMILES string of the molecule is CC1(C)O[C@H]2OC/C(=C\CO)[C@H]2O1. The highest BCUT2D eigenvalue weighted by Crippen LogP contribution is 2.36. The van der Waals surface area contributed by atoms with Crippen molar-refractivity contribution < 1.29 is 19.3 Å². The number of hydrogen-bond acceptors (Lipinski definition) is 4. The van der Waals surface area contributed by atoms with Gasteiger partial charge in [-0.3, -0.25) is 0 Å². The largest absolute Gasteiger partial charge is 0.392 e. The Morgan fingerprint density at radius 3 is 3.00 bits per heavy atom. The molecule has 2 atom stereocenters. The van der Waals surface area contributed by atoms with Crippen LogP contribution in [0.1, 0.15) is 13.8 Å². The van der Waals surface area contributed by atoms with Gasteiger partial charge in [0, 0.05) is 0 Å². The van der Waals surface area contributed by atoms with Gasteiger partial charge in [0.2, 0.25) is 0 Å². The van der Waals surface area contributed by atoms with Crippen LogP contribution in [0.25, 0.3) is 0 Å². The monoisotopic (exact) mass is 186 g/mol. The van der Waals surface area contributed by atoms with Gasteiger partial charge in [0.1, 0.15) is 6.10 Å². The van der Waals surface area contributed by atoms with Crippen LogP contribution in [0.3, 0.4) is 0 Å². The van der Waals surface area contributed by atoms with Crippen LogP contribution in [0.2, 0.25) is 0 Å². The van der Waals surface area contributed by atoms with Gasteiger partial charge in [0.25, 0.3) is 0 Å². The molecule has 13 heavy (non-hydrogen) atoms. The van der Waals surface area contributed by atoms with E-state index >= 15 is 0 Å². The lowest BCUT2D eigenvalue weighted by Gasteiger charge is -2.17. The van der Waals surface area contributed by atoms with Crippen molar-refractivity contribution in [2.45, 2.75) is 32.0 Å². The summed E-state index contributed by atoms with van der Waals surface area (Å²) < 4.78 is 16.4. The normalized spacial score (nSPS) is 39.8. The molecule has 0 aromatic carbocycles. The molecule has 4 heteroatoms. The minimum Gasteiger partial charge on any atom is -0.392 e. The maximum absolute atomic E-state index is 8.75. The van der Waals surface area contributed by atoms with Crippen molar-refractivity contribution in [1.29, 1.82) is 0 Å². The van der Waals surface area contributed by atoms with Gasteiger partial charge < -0.3 is 19.3 Å². The van der Waals surface area contributed by atoms with Crippen LogP contribution < -0.4 is 0 Å². The number of fused-ring (bicyclic) bond motifs is 1. The maximum atomic E-state index is 8.75. The molecular weight excluding hydrogens is 172 g/mol. The summed E-state index contributed by atoms with van der Waals surface area (Å²) in [5.41, 5.74) is 0.970. The van der Waals surface area contributed by atoms with E-state index in [1.807, 2.05) is 13.8 Å². The van der Waals surface area contributed by atoms with Gasteiger partial charge >= 0.3 is 0 Å². The lowest BCUT2D eigenvalue weighted by atomic mass is 10.2. The van der Waals surface area contributed by atoms with Gasteiger partial charge in [-0.1, -0.05) is 6.08 Å². The average molecular weight is 186 g/mol. The van der Waals surface area contributed by atoms with E-state index in [2.05, 4.69) is 0 Å². The minimum absolute atomic E-state index is 0.0195. The standard InChI is InChI=1S/C9H14O4/c1-9(2)12-7-6(3-4-10)5-11-8(7)13-9/h3,7-8,10H,4-5H2,1-2H3/b6-3+/t7-,8-/m1/s1. The van der Waals surface area contributed by atoms with E-state index in [0.29, 0.717) is 6.61 Å². The number of ether oxygens (including phenoxy) is 3. The zero-order chi connectivity index (χ0) is 9.47. The zero-order valence-corrected chi connectivity index (χ0v) is 7.82. The molecule has 0 aromatic heterocycles. The quantitative estimate of drug-likeness (QED) is 0.603. The molecule has 0 amide bonds. The average Bonchev–Trinajstić information content (AvgIpc) is 2.48. The van der Waals surface area contributed by atoms with Gasteiger partial charge in [0.05, 0.1) is 13.2 Å². The van der Waals surface area contributed by atoms with Gasteiger partial charge in [-0.25, -0.2) is 0 Å². The van der Waals surface area contributed by atoms with Crippen LogP contribution in [0.15, 0.2) is 11.6 Å². The summed E-state index contributed by atoms with van der Waals surface area (Å²) in [6.07, 6.45) is 1.28. The predicted octanol–water partition coefficient (Wildman–Crippen LogP) is 0.413. The fourth-order valence-corrected chi connectivity index (χ4v) is 1.66. The Balaban J connectivity index is 2.12. The van der Waals surface area contributed by atoms with Crippen molar-refractivity contribution in [2.24, 2.45) is 0 Å². The lowest BCUT2D eigenvalue weighted by molar-refractivity contribution is -0.189. The predicted molar refractivity (Wildman–Crippen MR) is 44.9 cm³/mol. The Morgan fingerprint density at radius 1 is 1.54 bits per heavy atom. The van der Waals surface area contributed by atoms with Gasteiger partial charge in [-0.05, 0) is 19.4 Å². The summed E-state index contributed by atoms with van der Waals surface area (Å²) in [4.78, 5) is 0. The molecule has 0 unspecified atom stereocenters. The molecular formula is C9H14O4. The lowest BCUT2D eigenvalue weighted by Crippen LogP contribution is -2.23. The van der Waals surface area contributed by atoms with Crippen LogP contribution in [0.5, 0.6) is 0 Å². The second kappa shape index (κ2) is 3.06. The molecule has 2 fully saturated rings. The minimum atomic E-state index is -0.579. The van der Waals surface area contributed by atoms with Crippen molar-refractivity contribution >= 4 is 0 Å². The van der Waals surface area contributed by atoms with Crippen LogP contribution in [0.4, 0.5) is 0 Å². The summed E-state index contributed by atoms with van der Waals surface area (Å²) in [5.74, 6) is -0.579. The Morgan fingerprint density at radius 2 is 2.31 bits per heavy atom. The first-order valence-electron chi connectivity index (χ1n) is 4.39.